The maximum atomic E-state index is 12.3. The molecule has 0 rings (SSSR count). The van der Waals surface area contributed by atoms with Crippen molar-refractivity contribution in [1.29, 1.82) is 0 Å². The van der Waals surface area contributed by atoms with E-state index in [0.717, 1.165) is 77.0 Å². The lowest BCUT2D eigenvalue weighted by molar-refractivity contribution is -0.161. The first kappa shape index (κ1) is 66.3. The predicted molar refractivity (Wildman–Crippen MR) is 302 cm³/mol. The molecule has 1 N–H and O–H groups in total. The largest absolute Gasteiger partial charge is 0.462 e. The number of esters is 2. The van der Waals surface area contributed by atoms with Gasteiger partial charge in [-0.05, 0) is 64.2 Å². The number of rotatable bonds is 55. The summed E-state index contributed by atoms with van der Waals surface area (Å²) in [6, 6.07) is 0. The molecular formula is C64H114O5. The molecule has 0 amide bonds. The summed E-state index contributed by atoms with van der Waals surface area (Å²) in [5.41, 5.74) is 0. The molecule has 0 aliphatic carbocycles. The molecule has 1 atom stereocenters. The fraction of sp³-hybridized carbons (Fsp3) is 0.781. The zero-order chi connectivity index (χ0) is 49.9. The summed E-state index contributed by atoms with van der Waals surface area (Å²) in [5, 5.41) is 9.64. The van der Waals surface area contributed by atoms with Gasteiger partial charge in [-0.25, -0.2) is 0 Å². The molecule has 0 heterocycles. The third-order valence-electron chi connectivity index (χ3n) is 13.3. The van der Waals surface area contributed by atoms with Crippen molar-refractivity contribution in [1.82, 2.24) is 0 Å². The van der Waals surface area contributed by atoms with E-state index < -0.39 is 6.10 Å². The van der Waals surface area contributed by atoms with Gasteiger partial charge in [-0.1, -0.05) is 299 Å². The first-order valence-corrected chi connectivity index (χ1v) is 30.0. The minimum atomic E-state index is -0.769. The Morgan fingerprint density at radius 3 is 0.942 bits per heavy atom. The van der Waals surface area contributed by atoms with Crippen molar-refractivity contribution in [3.63, 3.8) is 0 Å². The zero-order valence-electron chi connectivity index (χ0n) is 45.8. The quantitative estimate of drug-likeness (QED) is 0.0374. The van der Waals surface area contributed by atoms with E-state index in [4.69, 9.17) is 9.47 Å². The molecule has 0 aliphatic rings. The van der Waals surface area contributed by atoms with E-state index >= 15 is 0 Å². The van der Waals surface area contributed by atoms with Crippen LogP contribution in [0.3, 0.4) is 0 Å². The molecule has 400 valence electrons. The van der Waals surface area contributed by atoms with Crippen LogP contribution in [-0.2, 0) is 19.1 Å². The van der Waals surface area contributed by atoms with Crippen LogP contribution in [0.1, 0.15) is 303 Å². The second-order valence-electron chi connectivity index (χ2n) is 20.1. The molecule has 0 fully saturated rings. The van der Waals surface area contributed by atoms with E-state index in [2.05, 4.69) is 86.8 Å². The van der Waals surface area contributed by atoms with Crippen molar-refractivity contribution in [3.8, 4) is 0 Å². The highest BCUT2D eigenvalue weighted by Crippen LogP contribution is 2.17. The van der Waals surface area contributed by atoms with Gasteiger partial charge in [0.15, 0.2) is 6.10 Å². The maximum Gasteiger partial charge on any atom is 0.306 e. The van der Waals surface area contributed by atoms with E-state index in [9.17, 15) is 14.7 Å². The Labute approximate surface area is 429 Å². The molecule has 69 heavy (non-hydrogen) atoms. The lowest BCUT2D eigenvalue weighted by Crippen LogP contribution is -2.28. The normalized spacial score (nSPS) is 12.7. The summed E-state index contributed by atoms with van der Waals surface area (Å²) < 4.78 is 10.7. The molecular weight excluding hydrogens is 849 g/mol. The van der Waals surface area contributed by atoms with Crippen molar-refractivity contribution < 1.29 is 24.2 Å². The van der Waals surface area contributed by atoms with Gasteiger partial charge in [0.1, 0.15) is 6.61 Å². The zero-order valence-corrected chi connectivity index (χ0v) is 45.8. The summed E-state index contributed by atoms with van der Waals surface area (Å²) in [4.78, 5) is 24.5. The number of hydrogen-bond donors (Lipinski definition) is 1. The Morgan fingerprint density at radius 2 is 0.623 bits per heavy atom. The average molecular weight is 964 g/mol. The third-order valence-corrected chi connectivity index (χ3v) is 13.3. The molecule has 5 nitrogen and oxygen atoms in total. The van der Waals surface area contributed by atoms with Gasteiger partial charge < -0.3 is 14.6 Å². The van der Waals surface area contributed by atoms with Gasteiger partial charge in [-0.2, -0.15) is 0 Å². The summed E-state index contributed by atoms with van der Waals surface area (Å²) in [6.45, 7) is 4.05. The van der Waals surface area contributed by atoms with Gasteiger partial charge in [0, 0.05) is 12.8 Å². The summed E-state index contributed by atoms with van der Waals surface area (Å²) in [5.74, 6) is -0.575. The molecule has 0 aromatic rings. The van der Waals surface area contributed by atoms with Crippen LogP contribution < -0.4 is 0 Å². The minimum Gasteiger partial charge on any atom is -0.462 e. The van der Waals surface area contributed by atoms with E-state index in [-0.39, 0.29) is 25.2 Å². The van der Waals surface area contributed by atoms with Crippen molar-refractivity contribution >= 4 is 11.9 Å². The van der Waals surface area contributed by atoms with Gasteiger partial charge in [0.25, 0.3) is 0 Å². The van der Waals surface area contributed by atoms with Crippen molar-refractivity contribution in [2.75, 3.05) is 13.2 Å². The number of aliphatic hydroxyl groups excluding tert-OH is 1. The smallest absolute Gasteiger partial charge is 0.306 e. The average Bonchev–Trinajstić information content (AvgIpc) is 3.35. The molecule has 0 aromatic carbocycles. The molecule has 0 spiro atoms. The van der Waals surface area contributed by atoms with E-state index in [1.54, 1.807) is 0 Å². The SMILES string of the molecule is CC/C=C\C/C=C\C/C=C\C/C=C\C/C=C\C/C=C\CCCCCCCCCCCCCCCCCCCCCCCCC(=O)OC(CO)COC(=O)CCCCCCCCCCCCCCCC. The Hall–Kier alpha value is -2.66. The van der Waals surface area contributed by atoms with Crippen LogP contribution in [0.25, 0.3) is 0 Å². The number of unbranched alkanes of at least 4 members (excludes halogenated alkanes) is 35. The topological polar surface area (TPSA) is 72.8 Å². The van der Waals surface area contributed by atoms with Gasteiger partial charge in [-0.3, -0.25) is 9.59 Å². The van der Waals surface area contributed by atoms with Gasteiger partial charge >= 0.3 is 11.9 Å². The fourth-order valence-electron chi connectivity index (χ4n) is 8.80. The van der Waals surface area contributed by atoms with Crippen LogP contribution in [-0.4, -0.2) is 36.4 Å². The number of allylic oxidation sites excluding steroid dienone is 12. The number of ether oxygens (including phenoxy) is 2. The van der Waals surface area contributed by atoms with Crippen molar-refractivity contribution in [3.05, 3.63) is 72.9 Å². The lowest BCUT2D eigenvalue weighted by atomic mass is 10.0. The molecule has 1 unspecified atom stereocenters. The highest BCUT2D eigenvalue weighted by Gasteiger charge is 2.16. The van der Waals surface area contributed by atoms with E-state index in [1.807, 2.05) is 0 Å². The van der Waals surface area contributed by atoms with Crippen molar-refractivity contribution in [2.45, 2.75) is 309 Å². The van der Waals surface area contributed by atoms with Gasteiger partial charge in [0.2, 0.25) is 0 Å². The Balaban J connectivity index is 3.41. The number of carbonyl (C=O) groups excluding carboxylic acids is 2. The number of hydrogen-bond acceptors (Lipinski definition) is 5. The second kappa shape index (κ2) is 59.6. The minimum absolute atomic E-state index is 0.0608. The van der Waals surface area contributed by atoms with Crippen LogP contribution in [0.5, 0.6) is 0 Å². The van der Waals surface area contributed by atoms with E-state index in [1.165, 1.54) is 199 Å². The van der Waals surface area contributed by atoms with Crippen LogP contribution in [0.4, 0.5) is 0 Å². The Morgan fingerprint density at radius 1 is 0.348 bits per heavy atom. The summed E-state index contributed by atoms with van der Waals surface area (Å²) in [7, 11) is 0. The van der Waals surface area contributed by atoms with Gasteiger partial charge in [0.05, 0.1) is 6.61 Å². The molecule has 0 aliphatic heterocycles. The Kier molecular flexibility index (Phi) is 57.3. The lowest BCUT2D eigenvalue weighted by Gasteiger charge is -2.15. The molecule has 0 saturated heterocycles. The highest BCUT2D eigenvalue weighted by atomic mass is 16.6. The highest BCUT2D eigenvalue weighted by molar-refractivity contribution is 5.70. The van der Waals surface area contributed by atoms with Crippen LogP contribution >= 0.6 is 0 Å². The van der Waals surface area contributed by atoms with Crippen LogP contribution in [0.15, 0.2) is 72.9 Å². The molecule has 0 aromatic heterocycles. The fourth-order valence-corrected chi connectivity index (χ4v) is 8.80. The predicted octanol–water partition coefficient (Wildman–Crippen LogP) is 20.4. The monoisotopic (exact) mass is 963 g/mol. The van der Waals surface area contributed by atoms with Crippen molar-refractivity contribution in [2.24, 2.45) is 0 Å². The number of carbonyl (C=O) groups is 2. The first-order chi connectivity index (χ1) is 34.1. The second-order valence-corrected chi connectivity index (χ2v) is 20.1. The number of aliphatic hydroxyl groups is 1. The van der Waals surface area contributed by atoms with E-state index in [0.29, 0.717) is 12.8 Å². The maximum absolute atomic E-state index is 12.3. The van der Waals surface area contributed by atoms with Gasteiger partial charge in [-0.15, -0.1) is 0 Å². The van der Waals surface area contributed by atoms with Crippen LogP contribution in [0.2, 0.25) is 0 Å². The summed E-state index contributed by atoms with van der Waals surface area (Å²) in [6.07, 6.45) is 81.9. The molecule has 0 bridgehead atoms. The molecule has 0 saturated carbocycles. The first-order valence-electron chi connectivity index (χ1n) is 30.0. The summed E-state index contributed by atoms with van der Waals surface area (Å²) >= 11 is 0. The molecule has 0 radical (unpaired) electrons. The van der Waals surface area contributed by atoms with Crippen LogP contribution in [0, 0.1) is 0 Å². The standard InChI is InChI=1S/C64H114O5/c1-3-5-7-9-11-13-15-17-19-20-21-22-23-24-25-26-27-28-29-30-31-32-33-34-35-36-37-38-39-40-41-42-43-44-45-47-49-51-53-55-57-59-64(67)69-62(60-65)61-68-63(66)58-56-54-52-50-48-46-18-16-14-12-10-8-6-4-2/h5,7,11,13,17,19,21-22,24-25,27-28,62,65H,3-4,6,8-10,12,14-16,18,20,23,26,29-61H2,1-2H3/b7-5-,13-11-,19-17-,22-21-,25-24-,28-27-. The third kappa shape index (κ3) is 57.8. The Bertz CT molecular complexity index is 1230. The molecule has 5 heteroatoms.